The molecule has 0 unspecified atom stereocenters. The van der Waals surface area contributed by atoms with Gasteiger partial charge in [-0.2, -0.15) is 0 Å². The van der Waals surface area contributed by atoms with Crippen LogP contribution in [0.15, 0.2) is 6.07 Å². The highest BCUT2D eigenvalue weighted by Crippen LogP contribution is 2.26. The Morgan fingerprint density at radius 2 is 1.95 bits per heavy atom. The number of halogens is 2. The Hall–Kier alpha value is -1.43. The summed E-state index contributed by atoms with van der Waals surface area (Å²) in [6.07, 6.45) is 1.97. The van der Waals surface area contributed by atoms with E-state index in [0.29, 0.717) is 5.92 Å². The molecule has 1 aliphatic heterocycles. The average molecular weight is 270 g/mol. The molecule has 0 saturated carbocycles. The molecule has 1 aromatic heterocycles. The zero-order chi connectivity index (χ0) is 14.0. The molecule has 0 amide bonds. The Balaban J connectivity index is 2.03. The molecule has 4 nitrogen and oxygen atoms in total. The molecule has 1 aromatic rings. The number of rotatable bonds is 3. The molecule has 0 radical (unpaired) electrons. The lowest BCUT2D eigenvalue weighted by atomic mass is 9.96. The third kappa shape index (κ3) is 3.32. The van der Waals surface area contributed by atoms with Crippen molar-refractivity contribution in [3.05, 3.63) is 17.7 Å². The third-order valence-electron chi connectivity index (χ3n) is 3.48. The zero-order valence-corrected chi connectivity index (χ0v) is 11.4. The van der Waals surface area contributed by atoms with Crippen LogP contribution in [0.3, 0.4) is 0 Å². The van der Waals surface area contributed by atoms with Crippen LogP contribution in [0.2, 0.25) is 0 Å². The quantitative estimate of drug-likeness (QED) is 0.908. The van der Waals surface area contributed by atoms with Crippen LogP contribution in [0.25, 0.3) is 0 Å². The van der Waals surface area contributed by atoms with E-state index in [-0.39, 0.29) is 11.6 Å². The van der Waals surface area contributed by atoms with Crippen LogP contribution >= 0.6 is 0 Å². The molecule has 1 aliphatic rings. The first kappa shape index (κ1) is 14.0. The molecular formula is C13H20F2N4. The predicted octanol–water partition coefficient (Wildman–Crippen LogP) is 1.72. The first-order valence-corrected chi connectivity index (χ1v) is 6.48. The van der Waals surface area contributed by atoms with Crippen molar-refractivity contribution in [2.45, 2.75) is 12.8 Å². The van der Waals surface area contributed by atoms with Gasteiger partial charge in [-0.05, 0) is 32.9 Å². The highest BCUT2D eigenvalue weighted by molar-refractivity contribution is 5.47. The van der Waals surface area contributed by atoms with Gasteiger partial charge in [0.1, 0.15) is 0 Å². The normalized spacial score (nSPS) is 17.2. The third-order valence-corrected chi connectivity index (χ3v) is 3.48. The van der Waals surface area contributed by atoms with Crippen LogP contribution in [0.5, 0.6) is 0 Å². The number of pyridine rings is 1. The highest BCUT2D eigenvalue weighted by atomic mass is 19.1. The summed E-state index contributed by atoms with van der Waals surface area (Å²) in [6.45, 7) is 2.50. The zero-order valence-electron chi connectivity index (χ0n) is 11.4. The fraction of sp³-hybridized carbons (Fsp3) is 0.615. The standard InChI is InChI=1S/C13H20F2N4/c1-18(2)8-9-3-5-19(6-4-9)13-11(15)7-10(14)12(16)17-13/h7,9H,3-6,8H2,1-2H3,(H2,16,17). The number of aromatic nitrogens is 1. The summed E-state index contributed by atoms with van der Waals surface area (Å²) in [4.78, 5) is 7.83. The van der Waals surface area contributed by atoms with Gasteiger partial charge in [0.05, 0.1) is 0 Å². The summed E-state index contributed by atoms with van der Waals surface area (Å²) in [5.74, 6) is -0.900. The van der Waals surface area contributed by atoms with Gasteiger partial charge in [0.15, 0.2) is 23.3 Å². The van der Waals surface area contributed by atoms with Crippen molar-refractivity contribution in [2.24, 2.45) is 5.92 Å². The second kappa shape index (κ2) is 5.69. The van der Waals surface area contributed by atoms with E-state index >= 15 is 0 Å². The minimum Gasteiger partial charge on any atom is -0.381 e. The molecular weight excluding hydrogens is 250 g/mol. The van der Waals surface area contributed by atoms with Crippen molar-refractivity contribution >= 4 is 11.6 Å². The number of anilines is 2. The molecule has 2 heterocycles. The molecule has 0 aliphatic carbocycles. The number of hydrogen-bond acceptors (Lipinski definition) is 4. The lowest BCUT2D eigenvalue weighted by Gasteiger charge is -2.34. The van der Waals surface area contributed by atoms with Crippen LogP contribution in [0.4, 0.5) is 20.4 Å². The van der Waals surface area contributed by atoms with Crippen LogP contribution in [-0.2, 0) is 0 Å². The lowest BCUT2D eigenvalue weighted by molar-refractivity contribution is 0.284. The van der Waals surface area contributed by atoms with Crippen LogP contribution < -0.4 is 10.6 Å². The summed E-state index contributed by atoms with van der Waals surface area (Å²) in [5, 5.41) is 0. The Morgan fingerprint density at radius 3 is 2.53 bits per heavy atom. The molecule has 0 aromatic carbocycles. The van der Waals surface area contributed by atoms with E-state index in [1.807, 2.05) is 19.0 Å². The Labute approximate surface area is 112 Å². The van der Waals surface area contributed by atoms with Crippen LogP contribution in [-0.4, -0.2) is 43.6 Å². The number of nitrogen functional groups attached to an aromatic ring is 1. The van der Waals surface area contributed by atoms with Gasteiger partial charge in [-0.15, -0.1) is 0 Å². The summed E-state index contributed by atoms with van der Waals surface area (Å²) < 4.78 is 26.8. The second-order valence-electron chi connectivity index (χ2n) is 5.35. The number of nitrogens with zero attached hydrogens (tertiary/aromatic N) is 3. The summed E-state index contributed by atoms with van der Waals surface area (Å²) >= 11 is 0. The maximum Gasteiger partial charge on any atom is 0.168 e. The van der Waals surface area contributed by atoms with E-state index in [2.05, 4.69) is 9.88 Å². The summed E-state index contributed by atoms with van der Waals surface area (Å²) in [7, 11) is 4.10. The molecule has 1 saturated heterocycles. The fourth-order valence-corrected chi connectivity index (χ4v) is 2.54. The molecule has 19 heavy (non-hydrogen) atoms. The molecule has 0 spiro atoms. The van der Waals surface area contributed by atoms with Gasteiger partial charge in [0.25, 0.3) is 0 Å². The Kier molecular flexibility index (Phi) is 4.19. The lowest BCUT2D eigenvalue weighted by Crippen LogP contribution is -2.38. The van der Waals surface area contributed by atoms with Crippen molar-refractivity contribution in [3.63, 3.8) is 0 Å². The van der Waals surface area contributed by atoms with Gasteiger partial charge in [0.2, 0.25) is 0 Å². The Morgan fingerprint density at radius 1 is 1.32 bits per heavy atom. The van der Waals surface area contributed by atoms with Crippen molar-refractivity contribution in [1.82, 2.24) is 9.88 Å². The van der Waals surface area contributed by atoms with E-state index in [9.17, 15) is 8.78 Å². The Bertz CT molecular complexity index is 443. The maximum absolute atomic E-state index is 13.7. The number of nitrogens with two attached hydrogens (primary N) is 1. The fourth-order valence-electron chi connectivity index (χ4n) is 2.54. The summed E-state index contributed by atoms with van der Waals surface area (Å²) in [5.41, 5.74) is 5.40. The van der Waals surface area contributed by atoms with Gasteiger partial charge in [-0.25, -0.2) is 13.8 Å². The van der Waals surface area contributed by atoms with E-state index in [0.717, 1.165) is 38.5 Å². The SMILES string of the molecule is CN(C)CC1CCN(c2nc(N)c(F)cc2F)CC1. The van der Waals surface area contributed by atoms with Crippen LogP contribution in [0, 0.1) is 17.6 Å². The molecule has 2 N–H and O–H groups in total. The van der Waals surface area contributed by atoms with E-state index in [4.69, 9.17) is 5.73 Å². The first-order valence-electron chi connectivity index (χ1n) is 6.48. The maximum atomic E-state index is 13.7. The molecule has 0 bridgehead atoms. The largest absolute Gasteiger partial charge is 0.381 e. The van der Waals surface area contributed by atoms with Gasteiger partial charge in [-0.1, -0.05) is 0 Å². The van der Waals surface area contributed by atoms with E-state index in [1.165, 1.54) is 0 Å². The average Bonchev–Trinajstić information content (AvgIpc) is 2.34. The van der Waals surface area contributed by atoms with Crippen LogP contribution in [0.1, 0.15) is 12.8 Å². The van der Waals surface area contributed by atoms with Gasteiger partial charge < -0.3 is 15.5 Å². The molecule has 6 heteroatoms. The first-order chi connectivity index (χ1) is 8.97. The molecule has 0 atom stereocenters. The molecule has 106 valence electrons. The highest BCUT2D eigenvalue weighted by Gasteiger charge is 2.23. The molecule has 2 rings (SSSR count). The molecule has 1 fully saturated rings. The van der Waals surface area contributed by atoms with Gasteiger partial charge >= 0.3 is 0 Å². The van der Waals surface area contributed by atoms with Gasteiger partial charge in [-0.3, -0.25) is 0 Å². The minimum absolute atomic E-state index is 0.169. The van der Waals surface area contributed by atoms with Crippen molar-refractivity contribution in [3.8, 4) is 0 Å². The number of piperidine rings is 1. The second-order valence-corrected chi connectivity index (χ2v) is 5.35. The summed E-state index contributed by atoms with van der Waals surface area (Å²) in [6, 6.07) is 0.809. The van der Waals surface area contributed by atoms with E-state index < -0.39 is 11.6 Å². The van der Waals surface area contributed by atoms with Gasteiger partial charge in [0, 0.05) is 25.7 Å². The smallest absolute Gasteiger partial charge is 0.168 e. The minimum atomic E-state index is -0.802. The van der Waals surface area contributed by atoms with Crippen molar-refractivity contribution < 1.29 is 8.78 Å². The topological polar surface area (TPSA) is 45.4 Å². The van der Waals surface area contributed by atoms with E-state index in [1.54, 1.807) is 0 Å². The number of hydrogen-bond donors (Lipinski definition) is 1. The predicted molar refractivity (Wildman–Crippen MR) is 72.1 cm³/mol. The van der Waals surface area contributed by atoms with Crippen molar-refractivity contribution in [2.75, 3.05) is 44.4 Å². The monoisotopic (exact) mass is 270 g/mol. The van der Waals surface area contributed by atoms with Crippen molar-refractivity contribution in [1.29, 1.82) is 0 Å².